The first-order chi connectivity index (χ1) is 15.0. The third kappa shape index (κ3) is 3.48. The molecule has 0 spiro atoms. The van der Waals surface area contributed by atoms with Gasteiger partial charge in [-0.2, -0.15) is 4.98 Å². The van der Waals surface area contributed by atoms with E-state index < -0.39 is 0 Å². The van der Waals surface area contributed by atoms with Crippen molar-refractivity contribution in [2.75, 3.05) is 27.1 Å². The Morgan fingerprint density at radius 2 is 1.77 bits per heavy atom. The van der Waals surface area contributed by atoms with Gasteiger partial charge in [0.1, 0.15) is 5.82 Å². The maximum Gasteiger partial charge on any atom is 0.241 e. The fraction of sp³-hybridized carbons (Fsp3) is 0.273. The second kappa shape index (κ2) is 8.10. The van der Waals surface area contributed by atoms with Crippen molar-refractivity contribution in [3.8, 4) is 35.0 Å². The molecule has 2 heterocycles. The lowest BCUT2D eigenvalue weighted by molar-refractivity contribution is 0.324. The zero-order valence-electron chi connectivity index (χ0n) is 17.5. The molecule has 4 N–H and O–H groups in total. The number of aromatic nitrogens is 3. The highest BCUT2D eigenvalue weighted by molar-refractivity contribution is 5.67. The molecule has 162 valence electrons. The predicted octanol–water partition coefficient (Wildman–Crippen LogP) is 2.84. The van der Waals surface area contributed by atoms with Crippen molar-refractivity contribution >= 4 is 11.9 Å². The number of methoxy groups -OCH3 is 3. The smallest absolute Gasteiger partial charge is 0.241 e. The average Bonchev–Trinajstić information content (AvgIpc) is 3.04. The van der Waals surface area contributed by atoms with Crippen LogP contribution in [0, 0.1) is 0 Å². The predicted molar refractivity (Wildman–Crippen MR) is 115 cm³/mol. The van der Waals surface area contributed by atoms with Gasteiger partial charge in [0.2, 0.25) is 23.5 Å². The van der Waals surface area contributed by atoms with E-state index in [1.807, 2.05) is 18.2 Å². The lowest BCUT2D eigenvalue weighted by atomic mass is 10.0. The molecule has 0 amide bonds. The van der Waals surface area contributed by atoms with Crippen molar-refractivity contribution in [1.29, 1.82) is 0 Å². The second-order valence-corrected chi connectivity index (χ2v) is 7.11. The van der Waals surface area contributed by atoms with Gasteiger partial charge in [0.15, 0.2) is 11.5 Å². The summed E-state index contributed by atoms with van der Waals surface area (Å²) in [6, 6.07) is 3.66. The first kappa shape index (κ1) is 20.4. The van der Waals surface area contributed by atoms with Crippen molar-refractivity contribution in [2.24, 2.45) is 0 Å². The molecule has 0 unspecified atom stereocenters. The lowest BCUT2D eigenvalue weighted by Crippen LogP contribution is -2.07. The number of nitrogens with zero attached hydrogens (tertiary/aromatic N) is 3. The highest BCUT2D eigenvalue weighted by Crippen LogP contribution is 2.40. The van der Waals surface area contributed by atoms with Crippen molar-refractivity contribution in [3.63, 3.8) is 0 Å². The molecule has 0 fully saturated rings. The van der Waals surface area contributed by atoms with Gasteiger partial charge in [-0.1, -0.05) is 12.2 Å². The molecule has 3 aromatic rings. The van der Waals surface area contributed by atoms with E-state index in [4.69, 9.17) is 19.9 Å². The Morgan fingerprint density at radius 3 is 2.35 bits per heavy atom. The van der Waals surface area contributed by atoms with Crippen LogP contribution in [0.3, 0.4) is 0 Å². The Kier molecular flexibility index (Phi) is 5.33. The highest BCUT2D eigenvalue weighted by Gasteiger charge is 2.25. The molecule has 0 aliphatic heterocycles. The average molecular weight is 424 g/mol. The van der Waals surface area contributed by atoms with E-state index in [1.54, 1.807) is 33.6 Å². The van der Waals surface area contributed by atoms with E-state index in [2.05, 4.69) is 9.97 Å². The number of anilines is 1. The van der Waals surface area contributed by atoms with Crippen LogP contribution in [0.5, 0.6) is 29.0 Å². The van der Waals surface area contributed by atoms with Crippen LogP contribution in [-0.4, -0.2) is 46.1 Å². The molecule has 0 radical (unpaired) electrons. The summed E-state index contributed by atoms with van der Waals surface area (Å²) in [6.45, 7) is 0. The van der Waals surface area contributed by atoms with Gasteiger partial charge in [0.25, 0.3) is 0 Å². The number of rotatable bonds is 6. The lowest BCUT2D eigenvalue weighted by Gasteiger charge is -2.14. The van der Waals surface area contributed by atoms with Crippen LogP contribution in [0.2, 0.25) is 0 Å². The summed E-state index contributed by atoms with van der Waals surface area (Å²) in [7, 11) is 4.65. The molecule has 31 heavy (non-hydrogen) atoms. The van der Waals surface area contributed by atoms with Gasteiger partial charge in [0, 0.05) is 29.3 Å². The monoisotopic (exact) mass is 424 g/mol. The van der Waals surface area contributed by atoms with Gasteiger partial charge < -0.3 is 30.2 Å². The number of aromatic hydroxyl groups is 2. The standard InChI is InChI=1S/C22H24N4O5/c1-29-16-9-12(10-17(30-2)18(16)31-3)8-13-11-24-22(25-19(13)23)26-20(27)14-6-4-5-7-15(14)21(26)28/h4,6,9-11,27-28H,5,7-8H2,1-3H3,(H2,23,24,25). The van der Waals surface area contributed by atoms with Crippen LogP contribution in [0.25, 0.3) is 12.0 Å². The second-order valence-electron chi connectivity index (χ2n) is 7.11. The Hall–Kier alpha value is -3.88. The molecule has 0 saturated carbocycles. The van der Waals surface area contributed by atoms with Crippen molar-refractivity contribution < 1.29 is 24.4 Å². The molecule has 1 aliphatic carbocycles. The van der Waals surface area contributed by atoms with Crippen molar-refractivity contribution in [1.82, 2.24) is 14.5 Å². The molecule has 2 aromatic heterocycles. The Labute approximate surface area is 179 Å². The molecule has 0 saturated heterocycles. The first-order valence-corrected chi connectivity index (χ1v) is 9.71. The highest BCUT2D eigenvalue weighted by atomic mass is 16.5. The molecular weight excluding hydrogens is 400 g/mol. The van der Waals surface area contributed by atoms with Crippen LogP contribution >= 0.6 is 0 Å². The summed E-state index contributed by atoms with van der Waals surface area (Å²) in [4.78, 5) is 8.65. The molecule has 1 aliphatic rings. The summed E-state index contributed by atoms with van der Waals surface area (Å²) in [5, 5.41) is 21.1. The van der Waals surface area contributed by atoms with Crippen LogP contribution in [0.15, 0.2) is 24.4 Å². The fourth-order valence-electron chi connectivity index (χ4n) is 3.76. The zero-order chi connectivity index (χ0) is 22.1. The van der Waals surface area contributed by atoms with Gasteiger partial charge in [-0.05, 0) is 30.5 Å². The number of ether oxygens (including phenoxy) is 3. The minimum atomic E-state index is -0.111. The van der Waals surface area contributed by atoms with E-state index >= 15 is 0 Å². The number of hydrogen-bond donors (Lipinski definition) is 3. The largest absolute Gasteiger partial charge is 0.494 e. The molecule has 4 rings (SSSR count). The number of nitrogen functional groups attached to an aromatic ring is 1. The van der Waals surface area contributed by atoms with Crippen LogP contribution in [-0.2, 0) is 12.8 Å². The number of nitrogens with two attached hydrogens (primary N) is 1. The zero-order valence-corrected chi connectivity index (χ0v) is 17.5. The third-order valence-electron chi connectivity index (χ3n) is 5.31. The van der Waals surface area contributed by atoms with Gasteiger partial charge in [-0.3, -0.25) is 0 Å². The first-order valence-electron chi connectivity index (χ1n) is 9.71. The minimum absolute atomic E-state index is 0.0753. The minimum Gasteiger partial charge on any atom is -0.494 e. The van der Waals surface area contributed by atoms with Gasteiger partial charge in [-0.25, -0.2) is 9.55 Å². The van der Waals surface area contributed by atoms with Gasteiger partial charge in [0.05, 0.1) is 21.3 Å². The Morgan fingerprint density at radius 1 is 1.06 bits per heavy atom. The molecule has 9 nitrogen and oxygen atoms in total. The van der Waals surface area contributed by atoms with Gasteiger partial charge in [-0.15, -0.1) is 0 Å². The number of allylic oxidation sites excluding steroid dienone is 1. The number of fused-ring (bicyclic) bond motifs is 1. The van der Waals surface area contributed by atoms with E-state index in [0.717, 1.165) is 12.0 Å². The molecule has 9 heteroatoms. The maximum atomic E-state index is 10.6. The summed E-state index contributed by atoms with van der Waals surface area (Å²) in [5.41, 5.74) is 8.98. The van der Waals surface area contributed by atoms with E-state index in [9.17, 15) is 10.2 Å². The van der Waals surface area contributed by atoms with E-state index in [1.165, 1.54) is 4.57 Å². The van der Waals surface area contributed by atoms with E-state index in [-0.39, 0.29) is 23.5 Å². The summed E-state index contributed by atoms with van der Waals surface area (Å²) in [5.74, 6) is 1.73. The van der Waals surface area contributed by atoms with E-state index in [0.29, 0.717) is 46.8 Å². The maximum absolute atomic E-state index is 10.6. The topological polar surface area (TPSA) is 125 Å². The fourth-order valence-corrected chi connectivity index (χ4v) is 3.76. The molecule has 1 aromatic carbocycles. The normalized spacial score (nSPS) is 12.5. The number of hydrogen-bond acceptors (Lipinski definition) is 8. The Balaban J connectivity index is 1.69. The van der Waals surface area contributed by atoms with Crippen molar-refractivity contribution in [3.05, 3.63) is 46.7 Å². The van der Waals surface area contributed by atoms with Gasteiger partial charge >= 0.3 is 0 Å². The molecule has 0 bridgehead atoms. The summed E-state index contributed by atoms with van der Waals surface area (Å²) in [6.07, 6.45) is 7.15. The van der Waals surface area contributed by atoms with Crippen LogP contribution in [0.4, 0.5) is 5.82 Å². The Bertz CT molecular complexity index is 1140. The summed E-state index contributed by atoms with van der Waals surface area (Å²) >= 11 is 0. The van der Waals surface area contributed by atoms with Crippen molar-refractivity contribution in [2.45, 2.75) is 19.3 Å². The molecule has 0 atom stereocenters. The number of benzene rings is 1. The SMILES string of the molecule is COc1cc(Cc2cnc(-n3c(O)c4c(c3O)CCC=C4)nc2N)cc(OC)c1OC. The van der Waals surface area contributed by atoms with Crippen LogP contribution < -0.4 is 19.9 Å². The molecular formula is C22H24N4O5. The third-order valence-corrected chi connectivity index (χ3v) is 5.31. The quantitative estimate of drug-likeness (QED) is 0.552. The summed E-state index contributed by atoms with van der Waals surface area (Å²) < 4.78 is 17.4. The van der Waals surface area contributed by atoms with Crippen LogP contribution in [0.1, 0.15) is 28.7 Å².